The first-order valence-electron chi connectivity index (χ1n) is 5.06. The number of aryl methyl sites for hydroxylation is 1. The minimum atomic E-state index is -1.15. The lowest BCUT2D eigenvalue weighted by Crippen LogP contribution is -2.03. The Labute approximate surface area is 96.5 Å². The maximum atomic E-state index is 12.8. The number of hydrogen-bond acceptors (Lipinski definition) is 3. The van der Waals surface area contributed by atoms with Gasteiger partial charge in [-0.05, 0) is 31.2 Å². The van der Waals surface area contributed by atoms with Crippen molar-refractivity contribution in [1.29, 1.82) is 0 Å². The van der Waals surface area contributed by atoms with Gasteiger partial charge in [-0.1, -0.05) is 5.21 Å². The second-order valence-electron chi connectivity index (χ2n) is 3.41. The Morgan fingerprint density at radius 3 is 2.59 bits per heavy atom. The molecule has 1 N–H and O–H groups in total. The van der Waals surface area contributed by atoms with Crippen molar-refractivity contribution in [3.63, 3.8) is 0 Å². The van der Waals surface area contributed by atoms with Crippen LogP contribution in [0.5, 0.6) is 0 Å². The molecule has 0 aliphatic carbocycles. The van der Waals surface area contributed by atoms with Crippen LogP contribution >= 0.6 is 0 Å². The predicted octanol–water partition coefficient (Wildman–Crippen LogP) is 1.80. The predicted molar refractivity (Wildman–Crippen MR) is 58.0 cm³/mol. The van der Waals surface area contributed by atoms with E-state index >= 15 is 0 Å². The first kappa shape index (κ1) is 11.3. The summed E-state index contributed by atoms with van der Waals surface area (Å²) in [6.45, 7) is 2.32. The Hall–Kier alpha value is -2.24. The quantitative estimate of drug-likeness (QED) is 0.880. The van der Waals surface area contributed by atoms with Crippen LogP contribution in [0.3, 0.4) is 0 Å². The summed E-state index contributed by atoms with van der Waals surface area (Å²) >= 11 is 0. The normalized spacial score (nSPS) is 10.5. The van der Waals surface area contributed by atoms with Crippen LogP contribution < -0.4 is 0 Å². The number of carboxylic acids is 1. The lowest BCUT2D eigenvalue weighted by molar-refractivity contribution is 0.0691. The molecule has 0 atom stereocenters. The van der Waals surface area contributed by atoms with E-state index in [-0.39, 0.29) is 11.5 Å². The number of benzene rings is 1. The van der Waals surface area contributed by atoms with Crippen LogP contribution in [0, 0.1) is 5.82 Å². The highest BCUT2D eigenvalue weighted by molar-refractivity contribution is 5.92. The minimum absolute atomic E-state index is 0.126. The summed E-state index contributed by atoms with van der Waals surface area (Å²) in [6.07, 6.45) is 0. The molecule has 0 amide bonds. The second kappa shape index (κ2) is 4.32. The smallest absolute Gasteiger partial charge is 0.358 e. The minimum Gasteiger partial charge on any atom is -0.476 e. The fourth-order valence-corrected chi connectivity index (χ4v) is 1.57. The van der Waals surface area contributed by atoms with Gasteiger partial charge in [0.05, 0.1) is 0 Å². The second-order valence-corrected chi connectivity index (χ2v) is 3.41. The van der Waals surface area contributed by atoms with Crippen molar-refractivity contribution in [1.82, 2.24) is 15.0 Å². The molecule has 0 radical (unpaired) electrons. The molecular weight excluding hydrogens is 225 g/mol. The maximum absolute atomic E-state index is 12.8. The Kier molecular flexibility index (Phi) is 2.86. The first-order chi connectivity index (χ1) is 8.13. The van der Waals surface area contributed by atoms with Crippen molar-refractivity contribution in [2.75, 3.05) is 0 Å². The number of rotatable bonds is 3. The van der Waals surface area contributed by atoms with Gasteiger partial charge in [0, 0.05) is 12.1 Å². The van der Waals surface area contributed by atoms with E-state index < -0.39 is 5.97 Å². The van der Waals surface area contributed by atoms with Crippen LogP contribution in [0.2, 0.25) is 0 Å². The number of nitrogens with zero attached hydrogens (tertiary/aromatic N) is 3. The van der Waals surface area contributed by atoms with Crippen molar-refractivity contribution in [2.45, 2.75) is 13.5 Å². The molecule has 2 rings (SSSR count). The number of aromatic nitrogens is 3. The SMILES string of the molecule is CCn1nnc(C(=O)O)c1-c1ccc(F)cc1. The van der Waals surface area contributed by atoms with Gasteiger partial charge in [0.1, 0.15) is 11.5 Å². The molecule has 17 heavy (non-hydrogen) atoms. The van der Waals surface area contributed by atoms with E-state index in [1.54, 1.807) is 0 Å². The van der Waals surface area contributed by atoms with E-state index in [1.165, 1.54) is 28.9 Å². The van der Waals surface area contributed by atoms with Gasteiger partial charge < -0.3 is 5.11 Å². The monoisotopic (exact) mass is 235 g/mol. The molecule has 0 unspecified atom stereocenters. The van der Waals surface area contributed by atoms with Gasteiger partial charge in [0.15, 0.2) is 5.69 Å². The van der Waals surface area contributed by atoms with Crippen LogP contribution in [-0.4, -0.2) is 26.1 Å². The zero-order valence-electron chi connectivity index (χ0n) is 9.09. The van der Waals surface area contributed by atoms with Gasteiger partial charge in [-0.3, -0.25) is 0 Å². The molecule has 88 valence electrons. The van der Waals surface area contributed by atoms with Crippen molar-refractivity contribution < 1.29 is 14.3 Å². The Bertz CT molecular complexity index is 548. The molecule has 0 aliphatic heterocycles. The molecule has 2 aromatic rings. The third kappa shape index (κ3) is 2.01. The lowest BCUT2D eigenvalue weighted by atomic mass is 10.1. The van der Waals surface area contributed by atoms with Gasteiger partial charge in [0.25, 0.3) is 0 Å². The molecule has 1 aromatic heterocycles. The Balaban J connectivity index is 2.59. The fraction of sp³-hybridized carbons (Fsp3) is 0.182. The molecule has 0 saturated heterocycles. The largest absolute Gasteiger partial charge is 0.476 e. The molecule has 1 heterocycles. The average Bonchev–Trinajstić information content (AvgIpc) is 2.73. The zero-order chi connectivity index (χ0) is 12.4. The van der Waals surface area contributed by atoms with Gasteiger partial charge >= 0.3 is 5.97 Å². The summed E-state index contributed by atoms with van der Waals surface area (Å²) in [5, 5.41) is 16.4. The van der Waals surface area contributed by atoms with Crippen molar-refractivity contribution >= 4 is 5.97 Å². The van der Waals surface area contributed by atoms with Gasteiger partial charge in [-0.15, -0.1) is 5.10 Å². The van der Waals surface area contributed by atoms with E-state index in [2.05, 4.69) is 10.3 Å². The Morgan fingerprint density at radius 1 is 1.41 bits per heavy atom. The highest BCUT2D eigenvalue weighted by atomic mass is 19.1. The number of hydrogen-bond donors (Lipinski definition) is 1. The maximum Gasteiger partial charge on any atom is 0.358 e. The highest BCUT2D eigenvalue weighted by Gasteiger charge is 2.19. The molecule has 0 saturated carbocycles. The van der Waals surface area contributed by atoms with Gasteiger partial charge in [-0.2, -0.15) is 0 Å². The number of carboxylic acid groups (broad SMARTS) is 1. The van der Waals surface area contributed by atoms with Crippen molar-refractivity contribution in [3.8, 4) is 11.3 Å². The number of halogens is 1. The Morgan fingerprint density at radius 2 is 2.06 bits per heavy atom. The number of aromatic carboxylic acids is 1. The van der Waals surface area contributed by atoms with Crippen LogP contribution in [-0.2, 0) is 6.54 Å². The summed E-state index contributed by atoms with van der Waals surface area (Å²) in [7, 11) is 0. The van der Waals surface area contributed by atoms with E-state index in [9.17, 15) is 9.18 Å². The summed E-state index contributed by atoms with van der Waals surface area (Å²) in [5.41, 5.74) is 0.842. The highest BCUT2D eigenvalue weighted by Crippen LogP contribution is 2.22. The van der Waals surface area contributed by atoms with E-state index in [1.807, 2.05) is 6.92 Å². The van der Waals surface area contributed by atoms with Gasteiger partial charge in [0.2, 0.25) is 0 Å². The van der Waals surface area contributed by atoms with E-state index in [0.717, 1.165) is 0 Å². The summed E-state index contributed by atoms with van der Waals surface area (Å²) in [5.74, 6) is -1.52. The van der Waals surface area contributed by atoms with E-state index in [4.69, 9.17) is 5.11 Å². The molecule has 0 fully saturated rings. The van der Waals surface area contributed by atoms with Crippen molar-refractivity contribution in [3.05, 3.63) is 35.8 Å². The molecule has 6 heteroatoms. The molecule has 0 aliphatic rings. The third-order valence-corrected chi connectivity index (χ3v) is 2.35. The average molecular weight is 235 g/mol. The van der Waals surface area contributed by atoms with Crippen molar-refractivity contribution in [2.24, 2.45) is 0 Å². The third-order valence-electron chi connectivity index (χ3n) is 2.35. The fourth-order valence-electron chi connectivity index (χ4n) is 1.57. The first-order valence-corrected chi connectivity index (χ1v) is 5.06. The molecular formula is C11H10FN3O2. The molecule has 0 bridgehead atoms. The topological polar surface area (TPSA) is 68.0 Å². The van der Waals surface area contributed by atoms with Crippen LogP contribution in [0.1, 0.15) is 17.4 Å². The van der Waals surface area contributed by atoms with Crippen LogP contribution in [0.15, 0.2) is 24.3 Å². The summed E-state index contributed by atoms with van der Waals surface area (Å²) in [4.78, 5) is 11.0. The molecule has 1 aromatic carbocycles. The number of carbonyl (C=O) groups is 1. The summed E-state index contributed by atoms with van der Waals surface area (Å²) < 4.78 is 14.3. The van der Waals surface area contributed by atoms with Crippen LogP contribution in [0.4, 0.5) is 4.39 Å². The van der Waals surface area contributed by atoms with E-state index in [0.29, 0.717) is 17.8 Å². The molecule has 0 spiro atoms. The van der Waals surface area contributed by atoms with Gasteiger partial charge in [-0.25, -0.2) is 13.9 Å². The standard InChI is InChI=1S/C11H10FN3O2/c1-2-15-10(9(11(16)17)13-14-15)7-3-5-8(12)6-4-7/h3-6H,2H2,1H3,(H,16,17). The summed E-state index contributed by atoms with van der Waals surface area (Å²) in [6, 6.07) is 5.56. The lowest BCUT2D eigenvalue weighted by Gasteiger charge is -2.04. The zero-order valence-corrected chi connectivity index (χ0v) is 9.09. The molecule has 5 nitrogen and oxygen atoms in total. The van der Waals surface area contributed by atoms with Crippen LogP contribution in [0.25, 0.3) is 11.3 Å².